The predicted octanol–water partition coefficient (Wildman–Crippen LogP) is 4.27. The van der Waals surface area contributed by atoms with Gasteiger partial charge in [-0.1, -0.05) is 34.8 Å². The standard InChI is InChI=1S/C12H12Cl3NO/c13-9-6-8(7-10(14)11(9)15)12(17)16-4-2-1-3-5-16/h6-7H,1-5H2. The summed E-state index contributed by atoms with van der Waals surface area (Å²) in [6.07, 6.45) is 3.30. The number of hydrogen-bond acceptors (Lipinski definition) is 1. The lowest BCUT2D eigenvalue weighted by molar-refractivity contribution is 0.0724. The van der Waals surface area contributed by atoms with Gasteiger partial charge >= 0.3 is 0 Å². The summed E-state index contributed by atoms with van der Waals surface area (Å²) in [5.74, 6) is -0.0230. The molecule has 2 nitrogen and oxygen atoms in total. The highest BCUT2D eigenvalue weighted by molar-refractivity contribution is 6.48. The number of carbonyl (C=O) groups excluding carboxylic acids is 1. The van der Waals surface area contributed by atoms with E-state index < -0.39 is 0 Å². The minimum absolute atomic E-state index is 0.0230. The third kappa shape index (κ3) is 2.87. The van der Waals surface area contributed by atoms with Crippen LogP contribution in [0.3, 0.4) is 0 Å². The average molecular weight is 293 g/mol. The molecule has 1 amide bonds. The minimum atomic E-state index is -0.0230. The van der Waals surface area contributed by atoms with Gasteiger partial charge in [-0.2, -0.15) is 0 Å². The van der Waals surface area contributed by atoms with E-state index in [-0.39, 0.29) is 5.91 Å². The van der Waals surface area contributed by atoms with Crippen molar-refractivity contribution in [3.8, 4) is 0 Å². The fraction of sp³-hybridized carbons (Fsp3) is 0.417. The SMILES string of the molecule is O=C(c1cc(Cl)c(Cl)c(Cl)c1)N1CCCCC1. The number of carbonyl (C=O) groups is 1. The van der Waals surface area contributed by atoms with Crippen molar-refractivity contribution < 1.29 is 4.79 Å². The van der Waals surface area contributed by atoms with Gasteiger partial charge in [-0.15, -0.1) is 0 Å². The number of benzene rings is 1. The van der Waals surface area contributed by atoms with Crippen LogP contribution >= 0.6 is 34.8 Å². The summed E-state index contributed by atoms with van der Waals surface area (Å²) < 4.78 is 0. The first-order chi connectivity index (χ1) is 8.09. The van der Waals surface area contributed by atoms with Gasteiger partial charge in [-0.05, 0) is 31.4 Å². The van der Waals surface area contributed by atoms with E-state index in [1.54, 1.807) is 12.1 Å². The number of rotatable bonds is 1. The van der Waals surface area contributed by atoms with Crippen molar-refractivity contribution in [2.24, 2.45) is 0 Å². The maximum Gasteiger partial charge on any atom is 0.253 e. The molecule has 0 N–H and O–H groups in total. The molecule has 0 aromatic heterocycles. The first-order valence-electron chi connectivity index (χ1n) is 5.53. The van der Waals surface area contributed by atoms with E-state index in [1.165, 1.54) is 6.42 Å². The molecule has 0 atom stereocenters. The van der Waals surface area contributed by atoms with Gasteiger partial charge in [0.25, 0.3) is 5.91 Å². The summed E-state index contributed by atoms with van der Waals surface area (Å²) in [6, 6.07) is 3.15. The fourth-order valence-corrected chi connectivity index (χ4v) is 2.55. The number of halogens is 3. The van der Waals surface area contributed by atoms with Gasteiger partial charge < -0.3 is 4.90 Å². The molecule has 0 saturated carbocycles. The largest absolute Gasteiger partial charge is 0.339 e. The van der Waals surface area contributed by atoms with Crippen molar-refractivity contribution in [1.82, 2.24) is 4.90 Å². The Bertz CT molecular complexity index is 418. The lowest BCUT2D eigenvalue weighted by Crippen LogP contribution is -2.35. The van der Waals surface area contributed by atoms with Gasteiger partial charge in [0.2, 0.25) is 0 Å². The van der Waals surface area contributed by atoms with E-state index in [0.29, 0.717) is 20.6 Å². The second-order valence-electron chi connectivity index (χ2n) is 4.11. The van der Waals surface area contributed by atoms with Crippen molar-refractivity contribution in [2.45, 2.75) is 19.3 Å². The number of amides is 1. The Kier molecular flexibility index (Phi) is 4.18. The van der Waals surface area contributed by atoms with Gasteiger partial charge in [0, 0.05) is 18.7 Å². The van der Waals surface area contributed by atoms with Crippen LogP contribution in [-0.2, 0) is 0 Å². The Labute approximate surface area is 115 Å². The summed E-state index contributed by atoms with van der Waals surface area (Å²) >= 11 is 17.7. The summed E-state index contributed by atoms with van der Waals surface area (Å²) in [5.41, 5.74) is 0.506. The molecule has 0 aliphatic carbocycles. The number of nitrogens with zero attached hydrogens (tertiary/aromatic N) is 1. The van der Waals surface area contributed by atoms with Crippen molar-refractivity contribution in [3.63, 3.8) is 0 Å². The Morgan fingerprint density at radius 3 is 2.06 bits per heavy atom. The molecule has 1 aromatic carbocycles. The highest BCUT2D eigenvalue weighted by atomic mass is 35.5. The quantitative estimate of drug-likeness (QED) is 0.708. The Morgan fingerprint density at radius 2 is 1.53 bits per heavy atom. The van der Waals surface area contributed by atoms with Gasteiger partial charge in [-0.3, -0.25) is 4.79 Å². The molecule has 17 heavy (non-hydrogen) atoms. The number of hydrogen-bond donors (Lipinski definition) is 0. The van der Waals surface area contributed by atoms with Gasteiger partial charge in [-0.25, -0.2) is 0 Å². The van der Waals surface area contributed by atoms with Crippen LogP contribution in [0.25, 0.3) is 0 Å². The van der Waals surface area contributed by atoms with E-state index in [4.69, 9.17) is 34.8 Å². The first-order valence-corrected chi connectivity index (χ1v) is 6.67. The van der Waals surface area contributed by atoms with Crippen LogP contribution in [0.4, 0.5) is 0 Å². The zero-order valence-corrected chi connectivity index (χ0v) is 11.4. The molecule has 0 unspecified atom stereocenters. The van der Waals surface area contributed by atoms with Crippen LogP contribution in [0.5, 0.6) is 0 Å². The Morgan fingerprint density at radius 1 is 1.00 bits per heavy atom. The van der Waals surface area contributed by atoms with Crippen LogP contribution in [0.2, 0.25) is 15.1 Å². The molecule has 5 heteroatoms. The van der Waals surface area contributed by atoms with Crippen molar-refractivity contribution in [1.29, 1.82) is 0 Å². The molecule has 1 aliphatic heterocycles. The van der Waals surface area contributed by atoms with E-state index in [2.05, 4.69) is 0 Å². The molecule has 0 radical (unpaired) electrons. The number of piperidine rings is 1. The zero-order chi connectivity index (χ0) is 12.4. The lowest BCUT2D eigenvalue weighted by Gasteiger charge is -2.26. The van der Waals surface area contributed by atoms with Crippen LogP contribution < -0.4 is 0 Å². The second kappa shape index (κ2) is 5.47. The number of likely N-dealkylation sites (tertiary alicyclic amines) is 1. The second-order valence-corrected chi connectivity index (χ2v) is 5.30. The maximum atomic E-state index is 12.2. The lowest BCUT2D eigenvalue weighted by atomic mass is 10.1. The van der Waals surface area contributed by atoms with E-state index in [0.717, 1.165) is 25.9 Å². The molecule has 1 fully saturated rings. The third-order valence-corrected chi connectivity index (χ3v) is 4.07. The molecule has 1 aliphatic rings. The molecule has 1 heterocycles. The minimum Gasteiger partial charge on any atom is -0.339 e. The summed E-state index contributed by atoms with van der Waals surface area (Å²) in [6.45, 7) is 1.60. The summed E-state index contributed by atoms with van der Waals surface area (Å²) in [5, 5.41) is 0.933. The smallest absolute Gasteiger partial charge is 0.253 e. The summed E-state index contributed by atoms with van der Waals surface area (Å²) in [4.78, 5) is 14.0. The van der Waals surface area contributed by atoms with Gasteiger partial charge in [0.05, 0.1) is 15.1 Å². The molecule has 0 bridgehead atoms. The Hall–Kier alpha value is -0.440. The molecule has 92 valence electrons. The highest BCUT2D eigenvalue weighted by Crippen LogP contribution is 2.31. The predicted molar refractivity (Wildman–Crippen MR) is 71.2 cm³/mol. The molecular weight excluding hydrogens is 280 g/mol. The van der Waals surface area contributed by atoms with Crippen LogP contribution in [0, 0.1) is 0 Å². The molecule has 0 spiro atoms. The maximum absolute atomic E-state index is 12.2. The fourth-order valence-electron chi connectivity index (χ4n) is 1.96. The van der Waals surface area contributed by atoms with Crippen LogP contribution in [0.15, 0.2) is 12.1 Å². The highest BCUT2D eigenvalue weighted by Gasteiger charge is 2.19. The van der Waals surface area contributed by atoms with Crippen molar-refractivity contribution >= 4 is 40.7 Å². The average Bonchev–Trinajstić information content (AvgIpc) is 2.35. The monoisotopic (exact) mass is 291 g/mol. The Balaban J connectivity index is 2.24. The topological polar surface area (TPSA) is 20.3 Å². The van der Waals surface area contributed by atoms with Crippen LogP contribution in [0.1, 0.15) is 29.6 Å². The van der Waals surface area contributed by atoms with E-state index in [1.807, 2.05) is 4.90 Å². The van der Waals surface area contributed by atoms with Gasteiger partial charge in [0.15, 0.2) is 0 Å². The molecule has 1 saturated heterocycles. The molecule has 1 aromatic rings. The molecule has 2 rings (SSSR count). The zero-order valence-electron chi connectivity index (χ0n) is 9.18. The third-order valence-electron chi connectivity index (χ3n) is 2.87. The first kappa shape index (κ1) is 13.0. The van der Waals surface area contributed by atoms with Crippen LogP contribution in [-0.4, -0.2) is 23.9 Å². The van der Waals surface area contributed by atoms with Gasteiger partial charge in [0.1, 0.15) is 0 Å². The van der Waals surface area contributed by atoms with E-state index >= 15 is 0 Å². The van der Waals surface area contributed by atoms with Crippen molar-refractivity contribution in [3.05, 3.63) is 32.8 Å². The van der Waals surface area contributed by atoms with Crippen molar-refractivity contribution in [2.75, 3.05) is 13.1 Å². The normalized spacial score (nSPS) is 16.1. The van der Waals surface area contributed by atoms with E-state index in [9.17, 15) is 4.79 Å². The molecular formula is C12H12Cl3NO. The summed E-state index contributed by atoms with van der Waals surface area (Å²) in [7, 11) is 0.